The lowest BCUT2D eigenvalue weighted by molar-refractivity contribution is 0.311. The highest BCUT2D eigenvalue weighted by molar-refractivity contribution is 6.20. The quantitative estimate of drug-likeness (QED) is 0.695. The van der Waals surface area contributed by atoms with E-state index in [0.717, 1.165) is 5.92 Å². The Hall–Kier alpha value is 0.250. The number of alkyl halides is 1. The van der Waals surface area contributed by atoms with Crippen molar-refractivity contribution in [3.63, 3.8) is 0 Å². The van der Waals surface area contributed by atoms with E-state index in [1.807, 2.05) is 0 Å². The summed E-state index contributed by atoms with van der Waals surface area (Å²) < 4.78 is 0. The van der Waals surface area contributed by atoms with E-state index in [-0.39, 0.29) is 0 Å². The summed E-state index contributed by atoms with van der Waals surface area (Å²) in [6, 6.07) is 1.35. The molecule has 0 saturated heterocycles. The summed E-state index contributed by atoms with van der Waals surface area (Å²) in [5.74, 6) is 0.730. The molecule has 0 radical (unpaired) electrons. The summed E-state index contributed by atoms with van der Waals surface area (Å²) in [6.45, 7) is 6.81. The molecular weight excluding hydrogens is 182 g/mol. The SMILES string of the molecule is CC(C)C(C)NC1CCC(Cl)CC1. The smallest absolute Gasteiger partial charge is 0.0337 e. The predicted octanol–water partition coefficient (Wildman–Crippen LogP) is 3.17. The van der Waals surface area contributed by atoms with E-state index in [4.69, 9.17) is 11.6 Å². The Bertz CT molecular complexity index is 139. The van der Waals surface area contributed by atoms with Gasteiger partial charge >= 0.3 is 0 Å². The van der Waals surface area contributed by atoms with Gasteiger partial charge in [-0.2, -0.15) is 0 Å². The second-order valence-corrected chi connectivity index (χ2v) is 5.27. The fraction of sp³-hybridized carbons (Fsp3) is 1.00. The second kappa shape index (κ2) is 5.21. The van der Waals surface area contributed by atoms with Gasteiger partial charge in [0.2, 0.25) is 0 Å². The van der Waals surface area contributed by atoms with Gasteiger partial charge < -0.3 is 5.32 Å². The summed E-state index contributed by atoms with van der Waals surface area (Å²) in [5, 5.41) is 4.12. The number of nitrogens with one attached hydrogen (secondary N) is 1. The van der Waals surface area contributed by atoms with Crippen LogP contribution in [0.5, 0.6) is 0 Å². The summed E-state index contributed by atoms with van der Waals surface area (Å²) in [7, 11) is 0. The van der Waals surface area contributed by atoms with Gasteiger partial charge in [0.05, 0.1) is 0 Å². The molecule has 1 rings (SSSR count). The number of hydrogen-bond donors (Lipinski definition) is 1. The van der Waals surface area contributed by atoms with E-state index in [9.17, 15) is 0 Å². The fourth-order valence-corrected chi connectivity index (χ4v) is 2.04. The van der Waals surface area contributed by atoms with Gasteiger partial charge in [0.25, 0.3) is 0 Å². The van der Waals surface area contributed by atoms with Crippen molar-refractivity contribution in [1.29, 1.82) is 0 Å². The Morgan fingerprint density at radius 1 is 1.08 bits per heavy atom. The van der Waals surface area contributed by atoms with Crippen LogP contribution < -0.4 is 5.32 Å². The van der Waals surface area contributed by atoms with E-state index in [2.05, 4.69) is 26.1 Å². The topological polar surface area (TPSA) is 12.0 Å². The van der Waals surface area contributed by atoms with Crippen LogP contribution in [0.15, 0.2) is 0 Å². The van der Waals surface area contributed by atoms with Crippen LogP contribution in [0.1, 0.15) is 46.5 Å². The number of rotatable bonds is 3. The zero-order valence-electron chi connectivity index (χ0n) is 9.02. The first-order valence-electron chi connectivity index (χ1n) is 5.49. The lowest BCUT2D eigenvalue weighted by Crippen LogP contribution is -2.41. The normalized spacial score (nSPS) is 32.1. The maximum absolute atomic E-state index is 6.05. The zero-order valence-corrected chi connectivity index (χ0v) is 9.77. The molecule has 0 aromatic heterocycles. The van der Waals surface area contributed by atoms with Crippen LogP contribution in [0.4, 0.5) is 0 Å². The van der Waals surface area contributed by atoms with Crippen molar-refractivity contribution in [3.05, 3.63) is 0 Å². The summed E-state index contributed by atoms with van der Waals surface area (Å²) >= 11 is 6.05. The molecule has 0 spiro atoms. The molecule has 1 aliphatic carbocycles. The molecule has 1 N–H and O–H groups in total. The molecule has 78 valence electrons. The molecule has 1 atom stereocenters. The monoisotopic (exact) mass is 203 g/mol. The average Bonchev–Trinajstić information content (AvgIpc) is 2.08. The summed E-state index contributed by atoms with van der Waals surface area (Å²) in [6.07, 6.45) is 4.88. The Balaban J connectivity index is 2.22. The van der Waals surface area contributed by atoms with Crippen LogP contribution in [0.3, 0.4) is 0 Å². The molecule has 0 aliphatic heterocycles. The molecule has 0 aromatic rings. The van der Waals surface area contributed by atoms with Gasteiger partial charge in [0, 0.05) is 17.5 Å². The lowest BCUT2D eigenvalue weighted by Gasteiger charge is -2.30. The maximum Gasteiger partial charge on any atom is 0.0337 e. The first-order valence-corrected chi connectivity index (χ1v) is 5.93. The second-order valence-electron chi connectivity index (χ2n) is 4.65. The summed E-state index contributed by atoms with van der Waals surface area (Å²) in [4.78, 5) is 0. The Morgan fingerprint density at radius 2 is 1.62 bits per heavy atom. The molecule has 0 bridgehead atoms. The van der Waals surface area contributed by atoms with Gasteiger partial charge in [0.1, 0.15) is 0 Å². The van der Waals surface area contributed by atoms with Crippen molar-refractivity contribution in [2.45, 2.75) is 63.9 Å². The Labute approximate surface area is 87.2 Å². The zero-order chi connectivity index (χ0) is 9.84. The van der Waals surface area contributed by atoms with Crippen LogP contribution in [0.25, 0.3) is 0 Å². The van der Waals surface area contributed by atoms with Crippen molar-refractivity contribution in [1.82, 2.24) is 5.32 Å². The minimum atomic E-state index is 0.437. The molecule has 1 unspecified atom stereocenters. The molecule has 1 nitrogen and oxygen atoms in total. The highest BCUT2D eigenvalue weighted by Crippen LogP contribution is 2.23. The van der Waals surface area contributed by atoms with Crippen molar-refractivity contribution in [2.75, 3.05) is 0 Å². The third-order valence-corrected chi connectivity index (χ3v) is 3.59. The Kier molecular flexibility index (Phi) is 4.54. The third kappa shape index (κ3) is 3.86. The van der Waals surface area contributed by atoms with Crippen LogP contribution in [0, 0.1) is 5.92 Å². The average molecular weight is 204 g/mol. The minimum absolute atomic E-state index is 0.437. The van der Waals surface area contributed by atoms with Crippen LogP contribution in [0.2, 0.25) is 0 Å². The van der Waals surface area contributed by atoms with Gasteiger partial charge in [-0.05, 0) is 38.5 Å². The first kappa shape index (κ1) is 11.3. The van der Waals surface area contributed by atoms with Gasteiger partial charge in [0.15, 0.2) is 0 Å². The molecule has 1 saturated carbocycles. The lowest BCUT2D eigenvalue weighted by atomic mass is 9.93. The molecule has 0 amide bonds. The van der Waals surface area contributed by atoms with E-state index in [0.29, 0.717) is 17.5 Å². The first-order chi connectivity index (χ1) is 6.09. The standard InChI is InChI=1S/C11H22ClN/c1-8(2)9(3)13-11-6-4-10(12)5-7-11/h8-11,13H,4-7H2,1-3H3. The molecule has 0 aromatic carbocycles. The van der Waals surface area contributed by atoms with Crippen molar-refractivity contribution >= 4 is 11.6 Å². The predicted molar refractivity (Wildman–Crippen MR) is 59.3 cm³/mol. The van der Waals surface area contributed by atoms with Gasteiger partial charge in [-0.25, -0.2) is 0 Å². The minimum Gasteiger partial charge on any atom is -0.311 e. The largest absolute Gasteiger partial charge is 0.311 e. The molecule has 1 aliphatic rings. The Morgan fingerprint density at radius 3 is 2.08 bits per heavy atom. The van der Waals surface area contributed by atoms with E-state index < -0.39 is 0 Å². The molecule has 1 fully saturated rings. The van der Waals surface area contributed by atoms with Gasteiger partial charge in [-0.1, -0.05) is 13.8 Å². The van der Waals surface area contributed by atoms with E-state index in [1.54, 1.807) is 0 Å². The van der Waals surface area contributed by atoms with E-state index >= 15 is 0 Å². The van der Waals surface area contributed by atoms with E-state index in [1.165, 1.54) is 25.7 Å². The third-order valence-electron chi connectivity index (χ3n) is 3.16. The number of halogens is 1. The van der Waals surface area contributed by atoms with Crippen molar-refractivity contribution < 1.29 is 0 Å². The highest BCUT2D eigenvalue weighted by atomic mass is 35.5. The molecular formula is C11H22ClN. The van der Waals surface area contributed by atoms with Crippen molar-refractivity contribution in [3.8, 4) is 0 Å². The number of hydrogen-bond acceptors (Lipinski definition) is 1. The molecule has 0 heterocycles. The highest BCUT2D eigenvalue weighted by Gasteiger charge is 2.21. The maximum atomic E-state index is 6.05. The van der Waals surface area contributed by atoms with Gasteiger partial charge in [-0.3, -0.25) is 0 Å². The molecule has 2 heteroatoms. The molecule has 13 heavy (non-hydrogen) atoms. The van der Waals surface area contributed by atoms with Crippen LogP contribution in [-0.2, 0) is 0 Å². The van der Waals surface area contributed by atoms with Crippen molar-refractivity contribution in [2.24, 2.45) is 5.92 Å². The van der Waals surface area contributed by atoms with Gasteiger partial charge in [-0.15, -0.1) is 11.6 Å². The van der Waals surface area contributed by atoms with Crippen LogP contribution in [-0.4, -0.2) is 17.5 Å². The van der Waals surface area contributed by atoms with Crippen LogP contribution >= 0.6 is 11.6 Å². The fourth-order valence-electron chi connectivity index (χ4n) is 1.78. The summed E-state index contributed by atoms with van der Waals surface area (Å²) in [5.41, 5.74) is 0.